The number of carboxylic acid groups (broad SMARTS) is 1. The van der Waals surface area contributed by atoms with E-state index in [0.717, 1.165) is 11.3 Å². The summed E-state index contributed by atoms with van der Waals surface area (Å²) >= 11 is 1.49. The quantitative estimate of drug-likeness (QED) is 0.887. The standard InChI is InChI=1S/C16H17NO3S/c1-12-10-21-11-14(12)16(20)17(9-5-8-15(18)19)13-6-3-2-4-7-13/h2-4,6-7,10-11H,5,8-9H2,1H3,(H,18,19). The van der Waals surface area contributed by atoms with Crippen molar-refractivity contribution in [2.45, 2.75) is 19.8 Å². The summed E-state index contributed by atoms with van der Waals surface area (Å²) < 4.78 is 0. The Morgan fingerprint density at radius 1 is 1.19 bits per heavy atom. The Morgan fingerprint density at radius 2 is 1.90 bits per heavy atom. The minimum Gasteiger partial charge on any atom is -0.481 e. The predicted molar refractivity (Wildman–Crippen MR) is 84.0 cm³/mol. The van der Waals surface area contributed by atoms with Gasteiger partial charge in [0.15, 0.2) is 0 Å². The Labute approximate surface area is 127 Å². The summed E-state index contributed by atoms with van der Waals surface area (Å²) in [6.45, 7) is 2.30. The number of aliphatic carboxylic acids is 1. The smallest absolute Gasteiger partial charge is 0.303 e. The van der Waals surface area contributed by atoms with Crippen LogP contribution < -0.4 is 4.90 Å². The molecule has 0 aliphatic carbocycles. The van der Waals surface area contributed by atoms with Crippen LogP contribution in [0, 0.1) is 6.92 Å². The molecule has 1 amide bonds. The molecular formula is C16H17NO3S. The molecule has 0 saturated heterocycles. The van der Waals surface area contributed by atoms with Crippen molar-refractivity contribution >= 4 is 28.9 Å². The Balaban J connectivity index is 2.21. The number of thiophene rings is 1. The summed E-state index contributed by atoms with van der Waals surface area (Å²) in [7, 11) is 0. The number of hydrogen-bond acceptors (Lipinski definition) is 3. The molecule has 1 heterocycles. The second-order valence-corrected chi connectivity index (χ2v) is 5.50. The molecule has 0 spiro atoms. The molecule has 0 aliphatic heterocycles. The van der Waals surface area contributed by atoms with Gasteiger partial charge in [-0.15, -0.1) is 0 Å². The first-order valence-corrected chi connectivity index (χ1v) is 7.65. The van der Waals surface area contributed by atoms with Gasteiger partial charge in [-0.05, 0) is 36.4 Å². The van der Waals surface area contributed by atoms with Gasteiger partial charge in [0.25, 0.3) is 5.91 Å². The molecule has 0 radical (unpaired) electrons. The van der Waals surface area contributed by atoms with E-state index < -0.39 is 5.97 Å². The van der Waals surface area contributed by atoms with E-state index in [2.05, 4.69) is 0 Å². The molecule has 0 fully saturated rings. The molecule has 2 aromatic rings. The minimum atomic E-state index is -0.845. The van der Waals surface area contributed by atoms with Gasteiger partial charge in [-0.3, -0.25) is 9.59 Å². The lowest BCUT2D eigenvalue weighted by molar-refractivity contribution is -0.137. The third-order valence-electron chi connectivity index (χ3n) is 3.17. The zero-order valence-electron chi connectivity index (χ0n) is 11.8. The monoisotopic (exact) mass is 303 g/mol. The molecule has 5 heteroatoms. The maximum absolute atomic E-state index is 12.7. The normalized spacial score (nSPS) is 10.3. The van der Waals surface area contributed by atoms with Crippen molar-refractivity contribution in [3.05, 3.63) is 52.2 Å². The number of para-hydroxylation sites is 1. The van der Waals surface area contributed by atoms with Crippen molar-refractivity contribution in [3.8, 4) is 0 Å². The van der Waals surface area contributed by atoms with Crippen molar-refractivity contribution in [3.63, 3.8) is 0 Å². The van der Waals surface area contributed by atoms with E-state index >= 15 is 0 Å². The Hall–Kier alpha value is -2.14. The molecular weight excluding hydrogens is 286 g/mol. The number of carbonyl (C=O) groups is 2. The summed E-state index contributed by atoms with van der Waals surface area (Å²) in [5, 5.41) is 12.5. The number of nitrogens with zero attached hydrogens (tertiary/aromatic N) is 1. The lowest BCUT2D eigenvalue weighted by atomic mass is 10.1. The van der Waals surface area contributed by atoms with E-state index in [-0.39, 0.29) is 12.3 Å². The molecule has 1 aromatic carbocycles. The van der Waals surface area contributed by atoms with E-state index in [1.165, 1.54) is 11.3 Å². The molecule has 0 unspecified atom stereocenters. The van der Waals surface area contributed by atoms with Gasteiger partial charge >= 0.3 is 5.97 Å². The van der Waals surface area contributed by atoms with Gasteiger partial charge in [-0.2, -0.15) is 11.3 Å². The fraction of sp³-hybridized carbons (Fsp3) is 0.250. The van der Waals surface area contributed by atoms with Crippen LogP contribution in [0.1, 0.15) is 28.8 Å². The van der Waals surface area contributed by atoms with Gasteiger partial charge in [0.2, 0.25) is 0 Å². The number of benzene rings is 1. The summed E-state index contributed by atoms with van der Waals surface area (Å²) in [5.41, 5.74) is 2.42. The van der Waals surface area contributed by atoms with Crippen molar-refractivity contribution in [1.29, 1.82) is 0 Å². The fourth-order valence-electron chi connectivity index (χ4n) is 2.07. The van der Waals surface area contributed by atoms with Crippen molar-refractivity contribution in [1.82, 2.24) is 0 Å². The maximum atomic E-state index is 12.7. The Morgan fingerprint density at radius 3 is 2.48 bits per heavy atom. The number of carboxylic acids is 1. The molecule has 0 atom stereocenters. The number of carbonyl (C=O) groups excluding carboxylic acids is 1. The summed E-state index contributed by atoms with van der Waals surface area (Å²) in [5.74, 6) is -0.924. The first kappa shape index (κ1) is 15.3. The number of rotatable bonds is 6. The van der Waals surface area contributed by atoms with Crippen LogP contribution in [0.25, 0.3) is 0 Å². The topological polar surface area (TPSA) is 57.6 Å². The second kappa shape index (κ2) is 7.04. The van der Waals surface area contributed by atoms with Crippen LogP contribution in [0.15, 0.2) is 41.1 Å². The third-order valence-corrected chi connectivity index (χ3v) is 4.03. The van der Waals surface area contributed by atoms with Crippen LogP contribution >= 0.6 is 11.3 Å². The molecule has 0 saturated carbocycles. The lowest BCUT2D eigenvalue weighted by Gasteiger charge is -2.22. The molecule has 2 rings (SSSR count). The lowest BCUT2D eigenvalue weighted by Crippen LogP contribution is -2.32. The van der Waals surface area contributed by atoms with Crippen LogP contribution in [0.2, 0.25) is 0 Å². The summed E-state index contributed by atoms with van der Waals surface area (Å²) in [6.07, 6.45) is 0.485. The average molecular weight is 303 g/mol. The highest BCUT2D eigenvalue weighted by atomic mass is 32.1. The number of anilines is 1. The Bertz CT molecular complexity index is 621. The molecule has 1 N–H and O–H groups in total. The second-order valence-electron chi connectivity index (χ2n) is 4.76. The highest BCUT2D eigenvalue weighted by Gasteiger charge is 2.19. The van der Waals surface area contributed by atoms with E-state index in [4.69, 9.17) is 5.11 Å². The fourth-order valence-corrected chi connectivity index (χ4v) is 2.89. The minimum absolute atomic E-state index is 0.0548. The van der Waals surface area contributed by atoms with Crippen LogP contribution in [0.3, 0.4) is 0 Å². The average Bonchev–Trinajstić information content (AvgIpc) is 2.90. The molecule has 0 bridgehead atoms. The maximum Gasteiger partial charge on any atom is 0.303 e. The van der Waals surface area contributed by atoms with Crippen molar-refractivity contribution in [2.24, 2.45) is 0 Å². The SMILES string of the molecule is Cc1cscc1C(=O)N(CCCC(=O)O)c1ccccc1. The third kappa shape index (κ3) is 3.92. The van der Waals surface area contributed by atoms with E-state index in [1.54, 1.807) is 4.90 Å². The predicted octanol–water partition coefficient (Wildman–Crippen LogP) is 3.57. The zero-order valence-corrected chi connectivity index (χ0v) is 12.6. The van der Waals surface area contributed by atoms with Gasteiger partial charge < -0.3 is 10.0 Å². The van der Waals surface area contributed by atoms with Gasteiger partial charge in [-0.25, -0.2) is 0 Å². The zero-order chi connectivity index (χ0) is 15.2. The van der Waals surface area contributed by atoms with E-state index in [1.807, 2.05) is 48.0 Å². The first-order chi connectivity index (χ1) is 10.1. The summed E-state index contributed by atoms with van der Waals surface area (Å²) in [6, 6.07) is 9.35. The van der Waals surface area contributed by atoms with Gasteiger partial charge in [-0.1, -0.05) is 18.2 Å². The highest BCUT2D eigenvalue weighted by molar-refractivity contribution is 7.08. The number of amides is 1. The molecule has 4 nitrogen and oxygen atoms in total. The van der Waals surface area contributed by atoms with Crippen LogP contribution in [0.4, 0.5) is 5.69 Å². The van der Waals surface area contributed by atoms with Crippen molar-refractivity contribution < 1.29 is 14.7 Å². The largest absolute Gasteiger partial charge is 0.481 e. The molecule has 0 aliphatic rings. The van der Waals surface area contributed by atoms with Crippen LogP contribution in [0.5, 0.6) is 0 Å². The molecule has 1 aromatic heterocycles. The van der Waals surface area contributed by atoms with E-state index in [9.17, 15) is 9.59 Å². The van der Waals surface area contributed by atoms with Gasteiger partial charge in [0.1, 0.15) is 0 Å². The number of aryl methyl sites for hydroxylation is 1. The Kier molecular flexibility index (Phi) is 5.11. The first-order valence-electron chi connectivity index (χ1n) is 6.71. The van der Waals surface area contributed by atoms with Gasteiger partial charge in [0, 0.05) is 24.0 Å². The van der Waals surface area contributed by atoms with Crippen molar-refractivity contribution in [2.75, 3.05) is 11.4 Å². The molecule has 21 heavy (non-hydrogen) atoms. The van der Waals surface area contributed by atoms with Crippen LogP contribution in [-0.4, -0.2) is 23.5 Å². The highest BCUT2D eigenvalue weighted by Crippen LogP contribution is 2.21. The van der Waals surface area contributed by atoms with Gasteiger partial charge in [0.05, 0.1) is 5.56 Å². The molecule has 110 valence electrons. The van der Waals surface area contributed by atoms with E-state index in [0.29, 0.717) is 18.5 Å². The summed E-state index contributed by atoms with van der Waals surface area (Å²) in [4.78, 5) is 25.0. The number of hydrogen-bond donors (Lipinski definition) is 1. The van der Waals surface area contributed by atoms with Crippen LogP contribution in [-0.2, 0) is 4.79 Å².